The van der Waals surface area contributed by atoms with E-state index in [1.165, 1.54) is 0 Å². The van der Waals surface area contributed by atoms with Crippen molar-refractivity contribution < 1.29 is 14.7 Å². The number of hydrogen-bond acceptors (Lipinski definition) is 3. The fourth-order valence-electron chi connectivity index (χ4n) is 3.53. The van der Waals surface area contributed by atoms with E-state index in [1.807, 2.05) is 11.8 Å². The lowest BCUT2D eigenvalue weighted by molar-refractivity contribution is -0.155. The van der Waals surface area contributed by atoms with Gasteiger partial charge in [0.1, 0.15) is 0 Å². The Morgan fingerprint density at radius 3 is 2.35 bits per heavy atom. The molecule has 2 rings (SSSR count). The topological polar surface area (TPSA) is 69.6 Å². The van der Waals surface area contributed by atoms with Crippen LogP contribution >= 0.6 is 0 Å². The molecule has 0 radical (unpaired) electrons. The Morgan fingerprint density at radius 1 is 1.25 bits per heavy atom. The summed E-state index contributed by atoms with van der Waals surface area (Å²) >= 11 is 0. The lowest BCUT2D eigenvalue weighted by Crippen LogP contribution is -2.49. The molecule has 2 aliphatic heterocycles. The molecule has 5 heteroatoms. The summed E-state index contributed by atoms with van der Waals surface area (Å²) < 4.78 is 0. The summed E-state index contributed by atoms with van der Waals surface area (Å²) in [5, 5.41) is 12.8. The van der Waals surface area contributed by atoms with Gasteiger partial charge in [0.25, 0.3) is 0 Å². The Kier molecular flexibility index (Phi) is 5.02. The highest BCUT2D eigenvalue weighted by Gasteiger charge is 2.42. The number of carboxylic acid groups (broad SMARTS) is 1. The lowest BCUT2D eigenvalue weighted by atomic mass is 9.74. The number of likely N-dealkylation sites (tertiary alicyclic amines) is 1. The standard InChI is InChI=1S/C15H26N2O3/c1-2-5-15(14(19)20)6-10-17(11-7-15)13(18)12-3-8-16-9-4-12/h12,16H,2-11H2,1H3,(H,19,20). The second-order valence-electron chi connectivity index (χ2n) is 6.19. The van der Waals surface area contributed by atoms with Gasteiger partial charge in [-0.05, 0) is 45.2 Å². The normalized spacial score (nSPS) is 23.6. The van der Waals surface area contributed by atoms with Crippen molar-refractivity contribution in [2.24, 2.45) is 11.3 Å². The number of amides is 1. The van der Waals surface area contributed by atoms with Gasteiger partial charge in [0, 0.05) is 19.0 Å². The van der Waals surface area contributed by atoms with Gasteiger partial charge in [-0.25, -0.2) is 0 Å². The third-order valence-corrected chi connectivity index (χ3v) is 4.90. The largest absolute Gasteiger partial charge is 0.481 e. The fraction of sp³-hybridized carbons (Fsp3) is 0.867. The minimum atomic E-state index is -0.687. The van der Waals surface area contributed by atoms with Crippen LogP contribution in [0.3, 0.4) is 0 Å². The average Bonchev–Trinajstić information content (AvgIpc) is 2.48. The van der Waals surface area contributed by atoms with E-state index in [9.17, 15) is 14.7 Å². The van der Waals surface area contributed by atoms with E-state index in [-0.39, 0.29) is 11.8 Å². The summed E-state index contributed by atoms with van der Waals surface area (Å²) in [6.45, 7) is 5.07. The molecule has 0 aliphatic carbocycles. The SMILES string of the molecule is CCCC1(C(=O)O)CCN(C(=O)C2CCNCC2)CC1. The van der Waals surface area contributed by atoms with Gasteiger partial charge in [0.2, 0.25) is 5.91 Å². The van der Waals surface area contributed by atoms with E-state index in [4.69, 9.17) is 0 Å². The van der Waals surface area contributed by atoms with Crippen molar-refractivity contribution in [2.75, 3.05) is 26.2 Å². The highest BCUT2D eigenvalue weighted by molar-refractivity contribution is 5.80. The van der Waals surface area contributed by atoms with E-state index in [2.05, 4.69) is 5.32 Å². The highest BCUT2D eigenvalue weighted by Crippen LogP contribution is 2.37. The zero-order chi connectivity index (χ0) is 14.6. The highest BCUT2D eigenvalue weighted by atomic mass is 16.4. The number of nitrogens with one attached hydrogen (secondary N) is 1. The number of hydrogen-bond donors (Lipinski definition) is 2. The second-order valence-corrected chi connectivity index (χ2v) is 6.19. The van der Waals surface area contributed by atoms with Crippen molar-refractivity contribution in [1.29, 1.82) is 0 Å². The summed E-state index contributed by atoms with van der Waals surface area (Å²) in [5.41, 5.74) is -0.598. The van der Waals surface area contributed by atoms with Crippen LogP contribution in [0.1, 0.15) is 45.4 Å². The van der Waals surface area contributed by atoms with E-state index in [0.29, 0.717) is 25.9 Å². The van der Waals surface area contributed by atoms with Gasteiger partial charge in [-0.3, -0.25) is 9.59 Å². The van der Waals surface area contributed by atoms with Gasteiger partial charge in [-0.2, -0.15) is 0 Å². The molecule has 114 valence electrons. The van der Waals surface area contributed by atoms with Crippen molar-refractivity contribution in [1.82, 2.24) is 10.2 Å². The molecule has 2 aliphatic rings. The smallest absolute Gasteiger partial charge is 0.309 e. The van der Waals surface area contributed by atoms with E-state index in [1.54, 1.807) is 0 Å². The van der Waals surface area contributed by atoms with Gasteiger partial charge < -0.3 is 15.3 Å². The molecule has 2 N–H and O–H groups in total. The second kappa shape index (κ2) is 6.57. The van der Waals surface area contributed by atoms with E-state index in [0.717, 1.165) is 38.8 Å². The number of aliphatic carboxylic acids is 1. The third kappa shape index (κ3) is 3.14. The van der Waals surface area contributed by atoms with Crippen molar-refractivity contribution in [3.05, 3.63) is 0 Å². The van der Waals surface area contributed by atoms with Gasteiger partial charge in [0.05, 0.1) is 5.41 Å². The van der Waals surface area contributed by atoms with Gasteiger partial charge in [-0.1, -0.05) is 13.3 Å². The number of carbonyl (C=O) groups excluding carboxylic acids is 1. The van der Waals surface area contributed by atoms with Crippen molar-refractivity contribution >= 4 is 11.9 Å². The Hall–Kier alpha value is -1.10. The van der Waals surface area contributed by atoms with Crippen molar-refractivity contribution in [3.8, 4) is 0 Å². The summed E-state index contributed by atoms with van der Waals surface area (Å²) in [5.74, 6) is -0.310. The molecular formula is C15H26N2O3. The van der Waals surface area contributed by atoms with Crippen molar-refractivity contribution in [3.63, 3.8) is 0 Å². The molecular weight excluding hydrogens is 256 g/mol. The Labute approximate surface area is 120 Å². The maximum atomic E-state index is 12.4. The predicted octanol–water partition coefficient (Wildman–Crippen LogP) is 1.48. The van der Waals surface area contributed by atoms with Crippen LogP contribution in [-0.4, -0.2) is 48.1 Å². The predicted molar refractivity (Wildman–Crippen MR) is 76.4 cm³/mol. The molecule has 2 saturated heterocycles. The lowest BCUT2D eigenvalue weighted by Gasteiger charge is -2.40. The first kappa shape index (κ1) is 15.3. The van der Waals surface area contributed by atoms with Crippen LogP contribution in [0, 0.1) is 11.3 Å². The monoisotopic (exact) mass is 282 g/mol. The summed E-state index contributed by atoms with van der Waals surface area (Å²) in [7, 11) is 0. The van der Waals surface area contributed by atoms with E-state index >= 15 is 0 Å². The van der Waals surface area contributed by atoms with Crippen LogP contribution in [0.2, 0.25) is 0 Å². The van der Waals surface area contributed by atoms with Gasteiger partial charge in [-0.15, -0.1) is 0 Å². The molecule has 0 saturated carbocycles. The molecule has 0 bridgehead atoms. The first-order chi connectivity index (χ1) is 9.59. The van der Waals surface area contributed by atoms with Crippen LogP contribution < -0.4 is 5.32 Å². The molecule has 0 unspecified atom stereocenters. The summed E-state index contributed by atoms with van der Waals surface area (Å²) in [6.07, 6.45) is 4.63. The molecule has 0 aromatic heterocycles. The van der Waals surface area contributed by atoms with Crippen LogP contribution in [0.4, 0.5) is 0 Å². The van der Waals surface area contributed by atoms with Gasteiger partial charge in [0.15, 0.2) is 0 Å². The molecule has 0 spiro atoms. The Morgan fingerprint density at radius 2 is 1.85 bits per heavy atom. The fourth-order valence-corrected chi connectivity index (χ4v) is 3.53. The minimum absolute atomic E-state index is 0.139. The molecule has 0 aromatic carbocycles. The Balaban J connectivity index is 1.92. The zero-order valence-corrected chi connectivity index (χ0v) is 12.4. The number of nitrogens with zero attached hydrogens (tertiary/aromatic N) is 1. The van der Waals surface area contributed by atoms with Crippen LogP contribution in [0.15, 0.2) is 0 Å². The Bertz CT molecular complexity index is 356. The summed E-state index contributed by atoms with van der Waals surface area (Å²) in [4.78, 5) is 25.9. The maximum Gasteiger partial charge on any atom is 0.309 e. The molecule has 1 amide bonds. The number of carboxylic acids is 1. The van der Waals surface area contributed by atoms with Crippen LogP contribution in [0.5, 0.6) is 0 Å². The molecule has 0 aromatic rings. The van der Waals surface area contributed by atoms with E-state index < -0.39 is 11.4 Å². The summed E-state index contributed by atoms with van der Waals surface area (Å²) in [6, 6.07) is 0. The third-order valence-electron chi connectivity index (χ3n) is 4.90. The number of rotatable bonds is 4. The average molecular weight is 282 g/mol. The molecule has 20 heavy (non-hydrogen) atoms. The van der Waals surface area contributed by atoms with Crippen LogP contribution in [-0.2, 0) is 9.59 Å². The minimum Gasteiger partial charge on any atom is -0.481 e. The van der Waals surface area contributed by atoms with Crippen molar-refractivity contribution in [2.45, 2.75) is 45.4 Å². The quantitative estimate of drug-likeness (QED) is 0.819. The molecule has 5 nitrogen and oxygen atoms in total. The maximum absolute atomic E-state index is 12.4. The molecule has 2 fully saturated rings. The molecule has 2 heterocycles. The number of carbonyl (C=O) groups is 2. The number of piperidine rings is 2. The zero-order valence-electron chi connectivity index (χ0n) is 12.4. The first-order valence-corrected chi connectivity index (χ1v) is 7.82. The van der Waals surface area contributed by atoms with Crippen LogP contribution in [0.25, 0.3) is 0 Å². The molecule has 0 atom stereocenters. The first-order valence-electron chi connectivity index (χ1n) is 7.82. The van der Waals surface area contributed by atoms with Gasteiger partial charge >= 0.3 is 5.97 Å².